The molecule has 4 aliphatic heterocycles. The van der Waals surface area contributed by atoms with E-state index in [1.54, 1.807) is 67.3 Å². The van der Waals surface area contributed by atoms with Gasteiger partial charge in [-0.1, -0.05) is 64.6 Å². The maximum absolute atomic E-state index is 14.0. The van der Waals surface area contributed by atoms with Gasteiger partial charge >= 0.3 is 35.8 Å². The zero-order valence-corrected chi connectivity index (χ0v) is 55.0. The number of carbonyl (C=O) groups is 8. The Morgan fingerprint density at radius 1 is 0.380 bits per heavy atom. The Kier molecular flexibility index (Phi) is 15.7. The third-order valence-electron chi connectivity index (χ3n) is 16.8. The second-order valence-electron chi connectivity index (χ2n) is 23.1. The Hall–Kier alpha value is -12.1. The lowest BCUT2D eigenvalue weighted by atomic mass is 9.77. The fourth-order valence-corrected chi connectivity index (χ4v) is 13.6. The van der Waals surface area contributed by atoms with E-state index in [1.165, 1.54) is 94.4 Å². The van der Waals surface area contributed by atoms with E-state index in [0.29, 0.717) is 66.5 Å². The molecular weight excluding hydrogens is 1370 g/mol. The van der Waals surface area contributed by atoms with Crippen molar-refractivity contribution in [2.45, 2.75) is 38.9 Å². The summed E-state index contributed by atoms with van der Waals surface area (Å²) in [5.74, 6) is -4.33. The van der Waals surface area contributed by atoms with Gasteiger partial charge in [0, 0.05) is 143 Å². The Labute approximate surface area is 583 Å². The van der Waals surface area contributed by atoms with Gasteiger partial charge in [0.25, 0.3) is 11.8 Å². The Balaban J connectivity index is 0.000000162. The summed E-state index contributed by atoms with van der Waals surface area (Å²) in [4.78, 5) is 120. The van der Waals surface area contributed by atoms with Crippen molar-refractivity contribution in [1.82, 2.24) is 19.9 Å². The first-order chi connectivity index (χ1) is 48.1. The number of anilines is 2. The van der Waals surface area contributed by atoms with E-state index in [1.807, 2.05) is 36.4 Å². The normalized spacial score (nSPS) is 13.6. The molecule has 0 bridgehead atoms. The van der Waals surface area contributed by atoms with Crippen LogP contribution in [0.1, 0.15) is 103 Å². The molecule has 8 aromatic carbocycles. The number of aromatic nitrogens is 4. The van der Waals surface area contributed by atoms with Crippen LogP contribution in [0.25, 0.3) is 43.6 Å². The van der Waals surface area contributed by atoms with Crippen LogP contribution in [-0.2, 0) is 39.9 Å². The number of nitrogens with one attached hydrogen (secondary N) is 2. The van der Waals surface area contributed by atoms with Crippen molar-refractivity contribution < 1.29 is 76.3 Å². The number of carbonyl (C=O) groups excluding carboxylic acids is 8. The number of amides is 2. The SMILES string of the molecule is CC(=O)Oc1cc2c(cc1Cl)C1(OC(=O)c3cc(C(=O)Nc4cc5cccnc5c5ncccc45)ccc31)c1cc(Cl)c(OC(C)=O)cc1O2.CC(=O)Oc1cc2c(cc1Cl)C1(OC(=O)c3ccc(C(=O)Nc4cc5cccnc5c5ncccc45)cc31)c1cc(Cl)c(OC(C)=O)cc1O2. The van der Waals surface area contributed by atoms with E-state index in [-0.39, 0.29) is 99.5 Å². The fourth-order valence-electron chi connectivity index (χ4n) is 12.8. The number of benzene rings is 8. The molecule has 2 N–H and O–H groups in total. The van der Waals surface area contributed by atoms with Crippen LogP contribution in [0.15, 0.2) is 170 Å². The van der Waals surface area contributed by atoms with Gasteiger partial charge in [-0.15, -0.1) is 0 Å². The van der Waals surface area contributed by atoms with Gasteiger partial charge in [0.15, 0.2) is 34.2 Å². The van der Waals surface area contributed by atoms with E-state index >= 15 is 0 Å². The number of esters is 6. The number of halogens is 4. The van der Waals surface area contributed by atoms with Crippen LogP contribution in [0.2, 0.25) is 20.1 Å². The van der Waals surface area contributed by atoms with Crippen molar-refractivity contribution in [2.24, 2.45) is 0 Å². The minimum Gasteiger partial charge on any atom is -0.456 e. The van der Waals surface area contributed by atoms with Crippen molar-refractivity contribution >= 4 is 149 Å². The average molecular weight is 1410 g/mol. The monoisotopic (exact) mass is 1410 g/mol. The van der Waals surface area contributed by atoms with Crippen LogP contribution < -0.4 is 39.1 Å². The van der Waals surface area contributed by atoms with E-state index in [4.69, 9.17) is 84.3 Å². The first-order valence-corrected chi connectivity index (χ1v) is 31.7. The Bertz CT molecular complexity index is 5590. The maximum atomic E-state index is 14.0. The summed E-state index contributed by atoms with van der Waals surface area (Å²) in [5.41, 5.74) is 2.71. The summed E-state index contributed by atoms with van der Waals surface area (Å²) in [6, 6.07) is 38.9. The lowest BCUT2D eigenvalue weighted by Crippen LogP contribution is -2.33. The van der Waals surface area contributed by atoms with Crippen LogP contribution in [0, 0.1) is 0 Å². The van der Waals surface area contributed by atoms with E-state index in [0.717, 1.165) is 10.8 Å². The molecule has 4 aromatic heterocycles. The van der Waals surface area contributed by atoms with E-state index < -0.39 is 58.8 Å². The molecule has 12 aromatic rings. The molecular formula is C74H42Cl4N6O16. The number of hydrogen-bond donors (Lipinski definition) is 2. The molecule has 0 unspecified atom stereocenters. The first kappa shape index (κ1) is 63.9. The smallest absolute Gasteiger partial charge is 0.340 e. The minimum absolute atomic E-state index is 0.00401. The van der Waals surface area contributed by atoms with Crippen LogP contribution in [-0.4, -0.2) is 67.6 Å². The number of pyridine rings is 4. The molecule has 26 heteroatoms. The molecule has 0 atom stereocenters. The third kappa shape index (κ3) is 10.8. The first-order valence-electron chi connectivity index (χ1n) is 30.2. The van der Waals surface area contributed by atoms with Gasteiger partial charge in [-0.3, -0.25) is 48.7 Å². The molecule has 492 valence electrons. The quantitative estimate of drug-likeness (QED) is 0.0812. The minimum atomic E-state index is -1.74. The predicted molar refractivity (Wildman–Crippen MR) is 365 cm³/mol. The molecule has 4 aliphatic rings. The lowest BCUT2D eigenvalue weighted by Gasteiger charge is -2.37. The van der Waals surface area contributed by atoms with Crippen molar-refractivity contribution in [3.05, 3.63) is 246 Å². The Morgan fingerprint density at radius 3 is 1.13 bits per heavy atom. The number of hydrogen-bond acceptors (Lipinski definition) is 20. The molecule has 100 heavy (non-hydrogen) atoms. The van der Waals surface area contributed by atoms with E-state index in [9.17, 15) is 38.4 Å². The lowest BCUT2D eigenvalue weighted by molar-refractivity contribution is -0.132. The molecule has 0 aliphatic carbocycles. The molecule has 0 fully saturated rings. The predicted octanol–water partition coefficient (Wildman–Crippen LogP) is 15.5. The summed E-state index contributed by atoms with van der Waals surface area (Å²) in [6.45, 7) is 4.88. The summed E-state index contributed by atoms with van der Waals surface area (Å²) in [5, 5.41) is 9.05. The van der Waals surface area contributed by atoms with Crippen LogP contribution in [0.3, 0.4) is 0 Å². The molecule has 8 heterocycles. The highest BCUT2D eigenvalue weighted by Crippen LogP contribution is 2.61. The van der Waals surface area contributed by atoms with Crippen LogP contribution in [0.4, 0.5) is 11.4 Å². The molecule has 2 amide bonds. The molecule has 0 radical (unpaired) electrons. The van der Waals surface area contributed by atoms with Gasteiger partial charge in [-0.25, -0.2) is 9.59 Å². The number of ether oxygens (including phenoxy) is 8. The summed E-state index contributed by atoms with van der Waals surface area (Å²) in [6.07, 6.45) is 6.68. The highest BCUT2D eigenvalue weighted by Gasteiger charge is 2.56. The maximum Gasteiger partial charge on any atom is 0.340 e. The van der Waals surface area contributed by atoms with Gasteiger partial charge in [0.05, 0.1) is 64.7 Å². The molecule has 0 saturated heterocycles. The molecule has 0 saturated carbocycles. The standard InChI is InChI=1S/2C37H21Cl2N3O8/c1-17(43)47-31-15-29-24(13-26(31)38)37(25-14-27(39)32(48-18(2)44)16-30(25)49-29)23-11-20(7-8-21(23)36(46)50-37)35(45)42-28-12-19-5-3-9-40-33(19)34-22(28)6-4-10-41-34;1-17(43)47-31-15-29-24(13-26(31)38)37(25-14-27(39)32(48-18(2)44)16-30(25)49-29)23-8-7-20(11-22(23)36(46)50-37)35(45)42-28-12-19-5-3-9-40-33(19)34-21(28)6-4-10-41-34/h2*3-16H,1-2H3,(H,42,45). The van der Waals surface area contributed by atoms with Gasteiger partial charge < -0.3 is 48.5 Å². The van der Waals surface area contributed by atoms with Gasteiger partial charge in [0.2, 0.25) is 0 Å². The molecule has 22 nitrogen and oxygen atoms in total. The highest BCUT2D eigenvalue weighted by atomic mass is 35.5. The largest absolute Gasteiger partial charge is 0.456 e. The third-order valence-corrected chi connectivity index (χ3v) is 18.0. The van der Waals surface area contributed by atoms with Crippen molar-refractivity contribution in [3.63, 3.8) is 0 Å². The molecule has 16 rings (SSSR count). The summed E-state index contributed by atoms with van der Waals surface area (Å²) >= 11 is 26.4. The topological polar surface area (TPSA) is 286 Å². The van der Waals surface area contributed by atoms with Crippen molar-refractivity contribution in [3.8, 4) is 46.0 Å². The zero-order valence-electron chi connectivity index (χ0n) is 52.0. The Morgan fingerprint density at radius 2 is 0.730 bits per heavy atom. The van der Waals surface area contributed by atoms with E-state index in [2.05, 4.69) is 30.6 Å². The van der Waals surface area contributed by atoms with Gasteiger partial charge in [-0.05, 0) is 103 Å². The van der Waals surface area contributed by atoms with Crippen molar-refractivity contribution in [2.75, 3.05) is 10.6 Å². The van der Waals surface area contributed by atoms with Crippen LogP contribution in [0.5, 0.6) is 46.0 Å². The number of rotatable bonds is 8. The second-order valence-corrected chi connectivity index (χ2v) is 24.7. The summed E-state index contributed by atoms with van der Waals surface area (Å²) < 4.78 is 46.0. The molecule has 2 spiro atoms. The van der Waals surface area contributed by atoms with Crippen molar-refractivity contribution in [1.29, 1.82) is 0 Å². The van der Waals surface area contributed by atoms with Gasteiger partial charge in [-0.2, -0.15) is 0 Å². The van der Waals surface area contributed by atoms with Crippen LogP contribution >= 0.6 is 46.4 Å². The second kappa shape index (κ2) is 24.5. The van der Waals surface area contributed by atoms with Gasteiger partial charge in [0.1, 0.15) is 23.0 Å². The fraction of sp³-hybridized carbons (Fsp3) is 0.0811. The number of fused-ring (bicyclic) bond motifs is 18. The summed E-state index contributed by atoms with van der Waals surface area (Å²) in [7, 11) is 0. The highest BCUT2D eigenvalue weighted by molar-refractivity contribution is 6.34. The zero-order chi connectivity index (χ0) is 69.8. The number of nitrogens with zero attached hydrogens (tertiary/aromatic N) is 4. The average Bonchev–Trinajstić information content (AvgIpc) is 1.46.